The molecule has 0 fully saturated rings. The van der Waals surface area contributed by atoms with Crippen molar-refractivity contribution < 1.29 is 23.7 Å². The third kappa shape index (κ3) is 4.13. The van der Waals surface area contributed by atoms with Crippen molar-refractivity contribution >= 4 is 16.4 Å². The second-order valence-corrected chi connectivity index (χ2v) is 9.55. The highest BCUT2D eigenvalue weighted by atomic mass is 16.5. The number of methoxy groups -OCH3 is 3. The molecule has 2 aromatic heterocycles. The molecule has 0 N–H and O–H groups in total. The molecule has 3 heterocycles. The molecule has 0 amide bonds. The minimum absolute atomic E-state index is 0.153. The molecule has 4 aromatic carbocycles. The standard InChI is InChI=1S/C32H26N4O5/c1-37-23-10-6-7-11-25(23)40-17-27-34-31-29-28(20-13-15-24(38-2)26(16-20)39-3)22-14-12-19-8-4-5-9-21(19)30(22)41-32(29)33-18-36(31)35-27/h4-16,18,28H,17H2,1-3H3/t28-/m0/s1. The third-order valence-electron chi connectivity index (χ3n) is 7.31. The maximum absolute atomic E-state index is 6.52. The highest BCUT2D eigenvalue weighted by Gasteiger charge is 2.34. The number of benzene rings is 4. The van der Waals surface area contributed by atoms with Crippen LogP contribution in [-0.4, -0.2) is 40.9 Å². The van der Waals surface area contributed by atoms with Gasteiger partial charge in [-0.2, -0.15) is 0 Å². The van der Waals surface area contributed by atoms with Crippen LogP contribution in [0.25, 0.3) is 16.4 Å². The fourth-order valence-electron chi connectivity index (χ4n) is 5.41. The van der Waals surface area contributed by atoms with Crippen LogP contribution in [0.2, 0.25) is 0 Å². The molecule has 9 nitrogen and oxygen atoms in total. The smallest absolute Gasteiger partial charge is 0.228 e. The van der Waals surface area contributed by atoms with Gasteiger partial charge in [0, 0.05) is 16.9 Å². The molecule has 0 saturated heterocycles. The van der Waals surface area contributed by atoms with E-state index in [1.165, 1.54) is 0 Å². The maximum atomic E-state index is 6.52. The van der Waals surface area contributed by atoms with E-state index in [2.05, 4.69) is 34.3 Å². The Bertz CT molecular complexity index is 1920. The lowest BCUT2D eigenvalue weighted by Gasteiger charge is -2.29. The second kappa shape index (κ2) is 10.0. The molecule has 1 aliphatic rings. The third-order valence-corrected chi connectivity index (χ3v) is 7.31. The Morgan fingerprint density at radius 1 is 0.805 bits per heavy atom. The van der Waals surface area contributed by atoms with E-state index < -0.39 is 0 Å². The number of ether oxygens (including phenoxy) is 5. The van der Waals surface area contributed by atoms with Gasteiger partial charge in [0.15, 0.2) is 34.5 Å². The van der Waals surface area contributed by atoms with Crippen LogP contribution < -0.4 is 23.7 Å². The van der Waals surface area contributed by atoms with Crippen molar-refractivity contribution in [1.29, 1.82) is 0 Å². The first-order valence-corrected chi connectivity index (χ1v) is 13.1. The van der Waals surface area contributed by atoms with Gasteiger partial charge >= 0.3 is 0 Å². The summed E-state index contributed by atoms with van der Waals surface area (Å²) >= 11 is 0. The minimum Gasteiger partial charge on any atom is -0.493 e. The van der Waals surface area contributed by atoms with Crippen LogP contribution >= 0.6 is 0 Å². The molecule has 204 valence electrons. The lowest BCUT2D eigenvalue weighted by Crippen LogP contribution is -2.15. The summed E-state index contributed by atoms with van der Waals surface area (Å²) in [5, 5.41) is 6.76. The van der Waals surface area contributed by atoms with Gasteiger partial charge in [-0.25, -0.2) is 14.5 Å². The van der Waals surface area contributed by atoms with E-state index >= 15 is 0 Å². The minimum atomic E-state index is -0.262. The number of fused-ring (bicyclic) bond motifs is 6. The summed E-state index contributed by atoms with van der Waals surface area (Å²) in [4.78, 5) is 9.58. The Labute approximate surface area is 235 Å². The zero-order valence-electron chi connectivity index (χ0n) is 22.7. The van der Waals surface area contributed by atoms with Gasteiger partial charge in [-0.1, -0.05) is 54.6 Å². The van der Waals surface area contributed by atoms with Gasteiger partial charge in [0.05, 0.1) is 26.9 Å². The molecule has 0 aliphatic carbocycles. The first kappa shape index (κ1) is 24.7. The lowest BCUT2D eigenvalue weighted by atomic mass is 9.82. The molecule has 6 aromatic rings. The number of nitrogens with zero attached hydrogens (tertiary/aromatic N) is 4. The monoisotopic (exact) mass is 546 g/mol. The van der Waals surface area contributed by atoms with Gasteiger partial charge in [-0.15, -0.1) is 5.10 Å². The van der Waals surface area contributed by atoms with E-state index in [-0.39, 0.29) is 12.5 Å². The van der Waals surface area contributed by atoms with Crippen LogP contribution in [0.3, 0.4) is 0 Å². The lowest BCUT2D eigenvalue weighted by molar-refractivity contribution is 0.276. The molecule has 0 bridgehead atoms. The summed E-state index contributed by atoms with van der Waals surface area (Å²) in [6.07, 6.45) is 1.62. The molecule has 0 radical (unpaired) electrons. The predicted molar refractivity (Wildman–Crippen MR) is 153 cm³/mol. The number of para-hydroxylation sites is 2. The van der Waals surface area contributed by atoms with E-state index in [1.54, 1.807) is 32.2 Å². The molecular formula is C32H26N4O5. The van der Waals surface area contributed by atoms with Crippen molar-refractivity contribution in [2.24, 2.45) is 0 Å². The van der Waals surface area contributed by atoms with Crippen molar-refractivity contribution in [3.05, 3.63) is 108 Å². The Morgan fingerprint density at radius 2 is 1.56 bits per heavy atom. The normalized spacial score (nSPS) is 13.8. The Balaban J connectivity index is 1.38. The molecule has 0 spiro atoms. The van der Waals surface area contributed by atoms with Crippen molar-refractivity contribution in [3.8, 4) is 34.6 Å². The molecule has 0 saturated carbocycles. The maximum Gasteiger partial charge on any atom is 0.228 e. The first-order chi connectivity index (χ1) is 20.2. The molecular weight excluding hydrogens is 520 g/mol. The topological polar surface area (TPSA) is 89.2 Å². The zero-order chi connectivity index (χ0) is 27.9. The van der Waals surface area contributed by atoms with Gasteiger partial charge < -0.3 is 23.7 Å². The van der Waals surface area contributed by atoms with E-state index in [0.29, 0.717) is 40.3 Å². The van der Waals surface area contributed by atoms with Crippen molar-refractivity contribution in [1.82, 2.24) is 19.6 Å². The average Bonchev–Trinajstić information content (AvgIpc) is 3.46. The van der Waals surface area contributed by atoms with Gasteiger partial charge in [0.1, 0.15) is 18.7 Å². The van der Waals surface area contributed by atoms with Crippen molar-refractivity contribution in [2.75, 3.05) is 21.3 Å². The van der Waals surface area contributed by atoms with E-state index in [9.17, 15) is 0 Å². The van der Waals surface area contributed by atoms with Gasteiger partial charge in [-0.05, 0) is 35.2 Å². The Hall–Kier alpha value is -5.31. The number of hydrogen-bond acceptors (Lipinski definition) is 8. The summed E-state index contributed by atoms with van der Waals surface area (Å²) in [6.45, 7) is 0.153. The summed E-state index contributed by atoms with van der Waals surface area (Å²) < 4.78 is 30.8. The highest BCUT2D eigenvalue weighted by Crippen LogP contribution is 2.51. The highest BCUT2D eigenvalue weighted by molar-refractivity contribution is 5.91. The van der Waals surface area contributed by atoms with Crippen LogP contribution in [0.4, 0.5) is 0 Å². The predicted octanol–water partition coefficient (Wildman–Crippen LogP) is 6.17. The van der Waals surface area contributed by atoms with Crippen LogP contribution in [-0.2, 0) is 6.61 Å². The summed E-state index contributed by atoms with van der Waals surface area (Å²) in [5.74, 6) is 4.02. The van der Waals surface area contributed by atoms with Gasteiger partial charge in [0.25, 0.3) is 0 Å². The molecule has 0 unspecified atom stereocenters. The van der Waals surface area contributed by atoms with Gasteiger partial charge in [0.2, 0.25) is 5.88 Å². The van der Waals surface area contributed by atoms with Crippen LogP contribution in [0.15, 0.2) is 85.2 Å². The SMILES string of the molecule is COc1ccc([C@H]2c3ccc4ccccc4c3Oc3ncn4nc(COc5ccccc5OC)nc4c32)cc1OC. The molecule has 7 rings (SSSR count). The average molecular weight is 547 g/mol. The Kier molecular flexibility index (Phi) is 6.04. The van der Waals surface area contributed by atoms with Gasteiger partial charge in [-0.3, -0.25) is 0 Å². The van der Waals surface area contributed by atoms with E-state index in [0.717, 1.165) is 33.2 Å². The van der Waals surface area contributed by atoms with E-state index in [4.69, 9.17) is 28.7 Å². The second-order valence-electron chi connectivity index (χ2n) is 9.55. The first-order valence-electron chi connectivity index (χ1n) is 13.1. The van der Waals surface area contributed by atoms with Crippen molar-refractivity contribution in [2.45, 2.75) is 12.5 Å². The number of hydrogen-bond donors (Lipinski definition) is 0. The summed E-state index contributed by atoms with van der Waals surface area (Å²) in [7, 11) is 4.87. The number of rotatable bonds is 7. The molecule has 41 heavy (non-hydrogen) atoms. The zero-order valence-corrected chi connectivity index (χ0v) is 22.7. The fourth-order valence-corrected chi connectivity index (χ4v) is 5.41. The quantitative estimate of drug-likeness (QED) is 0.235. The van der Waals surface area contributed by atoms with Crippen LogP contribution in [0, 0.1) is 0 Å². The van der Waals surface area contributed by atoms with Crippen molar-refractivity contribution in [3.63, 3.8) is 0 Å². The molecule has 1 aliphatic heterocycles. The summed E-state index contributed by atoms with van der Waals surface area (Å²) in [5.41, 5.74) is 3.41. The number of aromatic nitrogens is 4. The Morgan fingerprint density at radius 3 is 2.39 bits per heavy atom. The molecule has 9 heteroatoms. The largest absolute Gasteiger partial charge is 0.493 e. The molecule has 1 atom stereocenters. The summed E-state index contributed by atoms with van der Waals surface area (Å²) in [6, 6.07) is 25.8. The fraction of sp³-hybridized carbons (Fsp3) is 0.156. The van der Waals surface area contributed by atoms with Crippen LogP contribution in [0.5, 0.6) is 34.6 Å². The van der Waals surface area contributed by atoms with Crippen LogP contribution in [0.1, 0.15) is 28.4 Å². The van der Waals surface area contributed by atoms with E-state index in [1.807, 2.05) is 54.6 Å².